The van der Waals surface area contributed by atoms with E-state index < -0.39 is 40.7 Å². The Balaban J connectivity index is 2.43. The molecule has 1 N–H and O–H groups in total. The maximum atomic E-state index is 13.9. The summed E-state index contributed by atoms with van der Waals surface area (Å²) in [6.45, 7) is 3.65. The molecule has 0 aromatic heterocycles. The van der Waals surface area contributed by atoms with Gasteiger partial charge in [0.05, 0.1) is 9.78 Å². The van der Waals surface area contributed by atoms with Crippen molar-refractivity contribution in [3.63, 3.8) is 0 Å². The third-order valence-corrected chi connectivity index (χ3v) is 4.73. The van der Waals surface area contributed by atoms with Crippen LogP contribution < -0.4 is 10.2 Å². The van der Waals surface area contributed by atoms with Gasteiger partial charge in [-0.3, -0.25) is 5.43 Å². The van der Waals surface area contributed by atoms with E-state index in [9.17, 15) is 30.7 Å². The standard InChI is InChI=1S/C17H9F7I2N2O/c1-2-3-29-16-7(4-8(25)5-9(16)26)6-27-28-15-13(20)11(18)10(17(22,23)24)12(19)14(15)21/h2,4-6,28H,1,3H2/b27-6-. The lowest BCUT2D eigenvalue weighted by molar-refractivity contribution is -0.143. The van der Waals surface area contributed by atoms with Crippen molar-refractivity contribution >= 4 is 57.1 Å². The summed E-state index contributed by atoms with van der Waals surface area (Å²) >= 11 is 3.96. The molecule has 156 valence electrons. The van der Waals surface area contributed by atoms with Gasteiger partial charge in [-0.15, -0.1) is 0 Å². The van der Waals surface area contributed by atoms with Gasteiger partial charge < -0.3 is 4.74 Å². The number of ether oxygens (including phenoxy) is 1. The van der Waals surface area contributed by atoms with Crippen molar-refractivity contribution in [2.75, 3.05) is 12.0 Å². The van der Waals surface area contributed by atoms with Gasteiger partial charge in [0.2, 0.25) is 0 Å². The van der Waals surface area contributed by atoms with E-state index >= 15 is 0 Å². The van der Waals surface area contributed by atoms with Crippen molar-refractivity contribution < 1.29 is 35.5 Å². The molecule has 12 heteroatoms. The van der Waals surface area contributed by atoms with Crippen LogP contribution >= 0.6 is 45.2 Å². The molecule has 0 saturated heterocycles. The molecule has 29 heavy (non-hydrogen) atoms. The molecule has 0 aliphatic rings. The Morgan fingerprint density at radius 3 is 2.14 bits per heavy atom. The second-order valence-corrected chi connectivity index (χ2v) is 7.69. The molecule has 0 saturated carbocycles. The Morgan fingerprint density at radius 2 is 1.62 bits per heavy atom. The average Bonchev–Trinajstić information content (AvgIpc) is 2.61. The zero-order valence-electron chi connectivity index (χ0n) is 14.0. The zero-order valence-corrected chi connectivity index (χ0v) is 18.3. The molecule has 0 bridgehead atoms. The average molecular weight is 644 g/mol. The highest BCUT2D eigenvalue weighted by molar-refractivity contribution is 14.1. The fraction of sp³-hybridized carbons (Fsp3) is 0.118. The van der Waals surface area contributed by atoms with Crippen LogP contribution in [0.5, 0.6) is 5.75 Å². The van der Waals surface area contributed by atoms with E-state index in [4.69, 9.17) is 4.74 Å². The smallest absolute Gasteiger partial charge is 0.422 e. The maximum Gasteiger partial charge on any atom is 0.422 e. The summed E-state index contributed by atoms with van der Waals surface area (Å²) in [7, 11) is 0. The molecule has 0 unspecified atom stereocenters. The first-order valence-electron chi connectivity index (χ1n) is 7.44. The van der Waals surface area contributed by atoms with Crippen LogP contribution in [0.4, 0.5) is 36.4 Å². The highest BCUT2D eigenvalue weighted by atomic mass is 127. The van der Waals surface area contributed by atoms with Crippen LogP contribution in [0.15, 0.2) is 29.9 Å². The molecule has 0 fully saturated rings. The van der Waals surface area contributed by atoms with Crippen LogP contribution in [-0.2, 0) is 6.18 Å². The lowest BCUT2D eigenvalue weighted by atomic mass is 10.1. The fourth-order valence-corrected chi connectivity index (χ4v) is 4.16. The number of anilines is 1. The van der Waals surface area contributed by atoms with Gasteiger partial charge in [0.25, 0.3) is 0 Å². The maximum absolute atomic E-state index is 13.9. The minimum Gasteiger partial charge on any atom is -0.488 e. The topological polar surface area (TPSA) is 33.6 Å². The van der Waals surface area contributed by atoms with E-state index in [0.29, 0.717) is 14.9 Å². The van der Waals surface area contributed by atoms with Gasteiger partial charge in [-0.1, -0.05) is 12.7 Å². The number of rotatable bonds is 6. The monoisotopic (exact) mass is 644 g/mol. The fourth-order valence-electron chi connectivity index (χ4n) is 2.12. The summed E-state index contributed by atoms with van der Waals surface area (Å²) in [6.07, 6.45) is -3.10. The molecule has 0 atom stereocenters. The van der Waals surface area contributed by atoms with Gasteiger partial charge in [0.1, 0.15) is 23.6 Å². The van der Waals surface area contributed by atoms with Crippen LogP contribution in [0.1, 0.15) is 11.1 Å². The quantitative estimate of drug-likeness (QED) is 0.0977. The van der Waals surface area contributed by atoms with E-state index in [0.717, 1.165) is 9.78 Å². The van der Waals surface area contributed by atoms with Gasteiger partial charge in [0.15, 0.2) is 23.3 Å². The molecule has 3 nitrogen and oxygen atoms in total. The van der Waals surface area contributed by atoms with Gasteiger partial charge >= 0.3 is 6.18 Å². The molecule has 0 amide bonds. The number of nitrogens with zero attached hydrogens (tertiary/aromatic N) is 1. The minimum atomic E-state index is -5.62. The van der Waals surface area contributed by atoms with Gasteiger partial charge in [-0.25, -0.2) is 17.6 Å². The predicted molar refractivity (Wildman–Crippen MR) is 110 cm³/mol. The third kappa shape index (κ3) is 5.32. The van der Waals surface area contributed by atoms with Crippen molar-refractivity contribution in [3.8, 4) is 5.75 Å². The molecule has 0 aliphatic heterocycles. The molecular weight excluding hydrogens is 635 g/mol. The first kappa shape index (κ1) is 23.7. The highest BCUT2D eigenvalue weighted by Crippen LogP contribution is 2.38. The Hall–Kier alpha value is -1.58. The highest BCUT2D eigenvalue weighted by Gasteiger charge is 2.42. The molecule has 0 aliphatic carbocycles. The largest absolute Gasteiger partial charge is 0.488 e. The predicted octanol–water partition coefficient (Wildman–Crippen LogP) is 6.48. The Labute approximate surface area is 187 Å². The normalized spacial score (nSPS) is 11.8. The Morgan fingerprint density at radius 1 is 1.03 bits per heavy atom. The van der Waals surface area contributed by atoms with Crippen LogP contribution in [0.25, 0.3) is 0 Å². The molecule has 2 aromatic carbocycles. The lowest BCUT2D eigenvalue weighted by Gasteiger charge is -2.13. The first-order chi connectivity index (χ1) is 13.5. The number of hydrogen-bond acceptors (Lipinski definition) is 3. The molecule has 2 aromatic rings. The summed E-state index contributed by atoms with van der Waals surface area (Å²) in [5.74, 6) is -9.31. The van der Waals surface area contributed by atoms with Crippen molar-refractivity contribution in [1.29, 1.82) is 0 Å². The van der Waals surface area contributed by atoms with E-state index in [1.165, 1.54) is 6.08 Å². The molecule has 0 radical (unpaired) electrons. The van der Waals surface area contributed by atoms with Gasteiger partial charge in [-0.2, -0.15) is 18.3 Å². The summed E-state index contributed by atoms with van der Waals surface area (Å²) < 4.78 is 99.7. The Bertz CT molecular complexity index is 948. The van der Waals surface area contributed by atoms with Crippen molar-refractivity contribution in [2.24, 2.45) is 5.10 Å². The van der Waals surface area contributed by atoms with Crippen molar-refractivity contribution in [2.45, 2.75) is 6.18 Å². The SMILES string of the molecule is C=CCOc1c(I)cc(I)cc1/C=N\Nc1c(F)c(F)c(C(F)(F)F)c(F)c1F. The van der Waals surface area contributed by atoms with Crippen molar-refractivity contribution in [1.82, 2.24) is 0 Å². The van der Waals surface area contributed by atoms with Crippen molar-refractivity contribution in [3.05, 3.63) is 66.3 Å². The molecular formula is C17H9F7I2N2O. The molecule has 2 rings (SSSR count). The van der Waals surface area contributed by atoms with E-state index in [1.807, 2.05) is 45.2 Å². The second kappa shape index (κ2) is 9.49. The van der Waals surface area contributed by atoms with E-state index in [1.54, 1.807) is 17.6 Å². The summed E-state index contributed by atoms with van der Waals surface area (Å²) in [5, 5.41) is 3.48. The second-order valence-electron chi connectivity index (χ2n) is 5.28. The first-order valence-corrected chi connectivity index (χ1v) is 9.59. The lowest BCUT2D eigenvalue weighted by Crippen LogP contribution is -2.16. The molecule has 0 heterocycles. The number of nitrogens with one attached hydrogen (secondary N) is 1. The van der Waals surface area contributed by atoms with Crippen LogP contribution in [0.3, 0.4) is 0 Å². The van der Waals surface area contributed by atoms with E-state index in [-0.39, 0.29) is 6.61 Å². The summed E-state index contributed by atoms with van der Waals surface area (Å²) in [4.78, 5) is 0. The minimum absolute atomic E-state index is 0.142. The number of hydrogen-bond donors (Lipinski definition) is 1. The third-order valence-electron chi connectivity index (χ3n) is 3.31. The number of alkyl halides is 3. The number of hydrazone groups is 1. The van der Waals surface area contributed by atoms with Crippen LogP contribution in [0, 0.1) is 30.4 Å². The van der Waals surface area contributed by atoms with Gasteiger partial charge in [-0.05, 0) is 57.3 Å². The summed E-state index contributed by atoms with van der Waals surface area (Å²) in [6, 6.07) is 3.36. The van der Waals surface area contributed by atoms with E-state index in [2.05, 4.69) is 11.7 Å². The van der Waals surface area contributed by atoms with Gasteiger partial charge in [0, 0.05) is 9.13 Å². The number of halogens is 9. The number of benzene rings is 2. The van der Waals surface area contributed by atoms with Crippen LogP contribution in [0.2, 0.25) is 0 Å². The summed E-state index contributed by atoms with van der Waals surface area (Å²) in [5.41, 5.74) is -2.12. The Kier molecular flexibility index (Phi) is 7.75. The molecule has 0 spiro atoms. The zero-order chi connectivity index (χ0) is 21.9. The van der Waals surface area contributed by atoms with Crippen LogP contribution in [-0.4, -0.2) is 12.8 Å².